The molecule has 2 heterocycles. The topological polar surface area (TPSA) is 116 Å². The van der Waals surface area contributed by atoms with Gasteiger partial charge in [0.1, 0.15) is 6.33 Å². The fourth-order valence-electron chi connectivity index (χ4n) is 2.73. The molecule has 2 aromatic carbocycles. The quantitative estimate of drug-likeness (QED) is 0.562. The predicted molar refractivity (Wildman–Crippen MR) is 101 cm³/mol. The monoisotopic (exact) mass is 395 g/mol. The lowest BCUT2D eigenvalue weighted by molar-refractivity contribution is 0.102. The number of aromatic nitrogens is 8. The Morgan fingerprint density at radius 3 is 2.61 bits per heavy atom. The van der Waals surface area contributed by atoms with Crippen molar-refractivity contribution in [1.82, 2.24) is 40.4 Å². The Kier molecular flexibility index (Phi) is 4.53. The van der Waals surface area contributed by atoms with E-state index in [4.69, 9.17) is 11.6 Å². The maximum atomic E-state index is 12.9. The van der Waals surface area contributed by atoms with Gasteiger partial charge in [-0.25, -0.2) is 0 Å². The van der Waals surface area contributed by atoms with E-state index in [1.807, 2.05) is 13.0 Å². The van der Waals surface area contributed by atoms with E-state index in [1.165, 1.54) is 11.0 Å². The van der Waals surface area contributed by atoms with Gasteiger partial charge in [0, 0.05) is 10.7 Å². The first-order chi connectivity index (χ1) is 13.5. The number of tetrazole rings is 2. The van der Waals surface area contributed by atoms with Crippen LogP contribution in [0.1, 0.15) is 21.7 Å². The summed E-state index contributed by atoms with van der Waals surface area (Å²) in [7, 11) is 0. The minimum absolute atomic E-state index is 0.334. The molecule has 0 unspecified atom stereocenters. The number of nitrogens with zero attached hydrogens (tertiary/aromatic N) is 8. The molecule has 4 aromatic rings. The molecule has 0 saturated heterocycles. The van der Waals surface area contributed by atoms with Crippen molar-refractivity contribution in [1.29, 1.82) is 0 Å². The number of carbonyl (C=O) groups is 1. The minimum Gasteiger partial charge on any atom is -0.322 e. The molecule has 0 spiro atoms. The van der Waals surface area contributed by atoms with Gasteiger partial charge in [-0.15, -0.1) is 10.2 Å². The molecule has 10 nitrogen and oxygen atoms in total. The highest BCUT2D eigenvalue weighted by Gasteiger charge is 2.16. The molecule has 2 aromatic heterocycles. The number of aryl methyl sites for hydroxylation is 2. The van der Waals surface area contributed by atoms with Crippen LogP contribution >= 0.6 is 11.6 Å². The number of halogens is 1. The largest absolute Gasteiger partial charge is 0.322 e. The van der Waals surface area contributed by atoms with E-state index in [-0.39, 0.29) is 5.91 Å². The van der Waals surface area contributed by atoms with Crippen LogP contribution in [0, 0.1) is 13.8 Å². The number of rotatable bonds is 4. The third-order valence-corrected chi connectivity index (χ3v) is 4.35. The molecule has 140 valence electrons. The van der Waals surface area contributed by atoms with Crippen LogP contribution in [0.5, 0.6) is 0 Å². The summed E-state index contributed by atoms with van der Waals surface area (Å²) < 4.78 is 3.01. The van der Waals surface area contributed by atoms with Crippen LogP contribution in [-0.4, -0.2) is 46.3 Å². The van der Waals surface area contributed by atoms with Crippen molar-refractivity contribution in [3.63, 3.8) is 0 Å². The van der Waals surface area contributed by atoms with Gasteiger partial charge in [0.2, 0.25) is 0 Å². The third-order valence-electron chi connectivity index (χ3n) is 4.12. The fraction of sp³-hybridized carbons (Fsp3) is 0.118. The fourth-order valence-corrected chi connectivity index (χ4v) is 2.90. The summed E-state index contributed by atoms with van der Waals surface area (Å²) in [5.74, 6) is 0.290. The van der Waals surface area contributed by atoms with Gasteiger partial charge in [0.15, 0.2) is 5.82 Å². The molecule has 1 amide bonds. The molecule has 11 heteroatoms. The SMILES string of the molecule is Cc1ccc(NC(=O)c2cc(Cl)ccc2-n2cnnn2)cc1-n1nnnc1C. The molecule has 28 heavy (non-hydrogen) atoms. The highest BCUT2D eigenvalue weighted by molar-refractivity contribution is 6.31. The lowest BCUT2D eigenvalue weighted by Gasteiger charge is -2.12. The summed E-state index contributed by atoms with van der Waals surface area (Å²) in [6.07, 6.45) is 1.41. The van der Waals surface area contributed by atoms with Crippen LogP contribution in [0.25, 0.3) is 11.4 Å². The molecule has 0 fully saturated rings. The lowest BCUT2D eigenvalue weighted by Crippen LogP contribution is -2.16. The Labute approximate surface area is 164 Å². The van der Waals surface area contributed by atoms with E-state index in [0.29, 0.717) is 27.8 Å². The van der Waals surface area contributed by atoms with E-state index >= 15 is 0 Å². The zero-order valence-electron chi connectivity index (χ0n) is 14.9. The minimum atomic E-state index is -0.351. The zero-order chi connectivity index (χ0) is 19.7. The number of nitrogens with one attached hydrogen (secondary N) is 1. The average Bonchev–Trinajstić information content (AvgIpc) is 3.35. The highest BCUT2D eigenvalue weighted by atomic mass is 35.5. The number of hydrogen-bond acceptors (Lipinski definition) is 7. The first-order valence-electron chi connectivity index (χ1n) is 8.23. The van der Waals surface area contributed by atoms with Crippen LogP contribution in [0.3, 0.4) is 0 Å². The standard InChI is InChI=1S/C17H14ClN9O/c1-10-3-5-13(8-16(10)27-11(2)21-23-25-27)20-17(28)14-7-12(18)4-6-15(14)26-9-19-22-24-26/h3-9H,1-2H3,(H,20,28). The molecule has 0 aliphatic rings. The van der Waals surface area contributed by atoms with Gasteiger partial charge in [0.25, 0.3) is 5.91 Å². The molecule has 0 aliphatic heterocycles. The van der Waals surface area contributed by atoms with Gasteiger partial charge >= 0.3 is 0 Å². The number of amides is 1. The van der Waals surface area contributed by atoms with Crippen molar-refractivity contribution in [2.24, 2.45) is 0 Å². The van der Waals surface area contributed by atoms with Crippen LogP contribution in [0.4, 0.5) is 5.69 Å². The Balaban J connectivity index is 1.69. The molecule has 0 saturated carbocycles. The molecule has 1 N–H and O–H groups in total. The van der Waals surface area contributed by atoms with Crippen molar-refractivity contribution < 1.29 is 4.79 Å². The highest BCUT2D eigenvalue weighted by Crippen LogP contribution is 2.23. The Morgan fingerprint density at radius 1 is 1.04 bits per heavy atom. The Morgan fingerprint density at radius 2 is 1.89 bits per heavy atom. The molecule has 0 aliphatic carbocycles. The summed E-state index contributed by atoms with van der Waals surface area (Å²) in [5, 5.41) is 25.9. The van der Waals surface area contributed by atoms with E-state index < -0.39 is 0 Å². The van der Waals surface area contributed by atoms with Crippen molar-refractivity contribution >= 4 is 23.2 Å². The zero-order valence-corrected chi connectivity index (χ0v) is 15.7. The van der Waals surface area contributed by atoms with Crippen molar-refractivity contribution in [2.45, 2.75) is 13.8 Å². The van der Waals surface area contributed by atoms with Crippen LogP contribution in [0.2, 0.25) is 5.02 Å². The van der Waals surface area contributed by atoms with Crippen LogP contribution in [0.15, 0.2) is 42.7 Å². The summed E-state index contributed by atoms with van der Waals surface area (Å²) in [6, 6.07) is 10.4. The maximum absolute atomic E-state index is 12.9. The first kappa shape index (κ1) is 17.7. The van der Waals surface area contributed by atoms with Gasteiger partial charge in [-0.1, -0.05) is 17.7 Å². The maximum Gasteiger partial charge on any atom is 0.257 e. The number of hydrogen-bond donors (Lipinski definition) is 1. The Bertz CT molecular complexity index is 1150. The summed E-state index contributed by atoms with van der Waals surface area (Å²) in [5.41, 5.74) is 3.16. The van der Waals surface area contributed by atoms with Crippen LogP contribution in [-0.2, 0) is 0 Å². The molecule has 0 radical (unpaired) electrons. The summed E-state index contributed by atoms with van der Waals surface area (Å²) >= 11 is 6.09. The number of carbonyl (C=O) groups excluding carboxylic acids is 1. The summed E-state index contributed by atoms with van der Waals surface area (Å²) in [6.45, 7) is 3.74. The van der Waals surface area contributed by atoms with Gasteiger partial charge in [-0.05, 0) is 70.6 Å². The average molecular weight is 396 g/mol. The van der Waals surface area contributed by atoms with Gasteiger partial charge in [-0.2, -0.15) is 9.36 Å². The number of benzene rings is 2. The first-order valence-corrected chi connectivity index (χ1v) is 8.61. The second-order valence-corrected chi connectivity index (χ2v) is 6.45. The van der Waals surface area contributed by atoms with Gasteiger partial charge < -0.3 is 5.32 Å². The number of anilines is 1. The Hall–Kier alpha value is -3.66. The third kappa shape index (κ3) is 3.32. The molecule has 0 bridgehead atoms. The second-order valence-electron chi connectivity index (χ2n) is 6.01. The van der Waals surface area contributed by atoms with Crippen LogP contribution < -0.4 is 5.32 Å². The van der Waals surface area contributed by atoms with E-state index in [1.54, 1.807) is 41.9 Å². The summed E-state index contributed by atoms with van der Waals surface area (Å²) in [4.78, 5) is 12.9. The predicted octanol–water partition coefficient (Wildman–Crippen LogP) is 2.16. The smallest absolute Gasteiger partial charge is 0.257 e. The van der Waals surface area contributed by atoms with E-state index in [2.05, 4.69) is 36.4 Å². The van der Waals surface area contributed by atoms with Gasteiger partial charge in [-0.3, -0.25) is 4.79 Å². The van der Waals surface area contributed by atoms with Crippen molar-refractivity contribution in [3.8, 4) is 11.4 Å². The van der Waals surface area contributed by atoms with Crippen molar-refractivity contribution in [2.75, 3.05) is 5.32 Å². The van der Waals surface area contributed by atoms with E-state index in [9.17, 15) is 4.79 Å². The molecular formula is C17H14ClN9O. The molecular weight excluding hydrogens is 382 g/mol. The second kappa shape index (κ2) is 7.16. The molecule has 0 atom stereocenters. The molecule has 4 rings (SSSR count). The van der Waals surface area contributed by atoms with E-state index in [0.717, 1.165) is 11.3 Å². The normalized spacial score (nSPS) is 10.8. The van der Waals surface area contributed by atoms with Crippen molar-refractivity contribution in [3.05, 3.63) is 64.7 Å². The lowest BCUT2D eigenvalue weighted by atomic mass is 10.1. The van der Waals surface area contributed by atoms with Gasteiger partial charge in [0.05, 0.1) is 16.9 Å².